The highest BCUT2D eigenvalue weighted by Gasteiger charge is 2.38. The molecule has 1 fully saturated rings. The first-order chi connectivity index (χ1) is 6.98. The lowest BCUT2D eigenvalue weighted by Gasteiger charge is -2.40. The number of rotatable bonds is 4. The van der Waals surface area contributed by atoms with Crippen LogP contribution in [0, 0.1) is 0 Å². The van der Waals surface area contributed by atoms with Crippen LogP contribution in [0.25, 0.3) is 0 Å². The molecule has 1 atom stereocenters. The molecule has 86 valence electrons. The molecule has 1 aliphatic rings. The highest BCUT2D eigenvalue weighted by molar-refractivity contribution is 6.59. The van der Waals surface area contributed by atoms with Gasteiger partial charge in [0, 0.05) is 18.6 Å². The predicted molar refractivity (Wildman–Crippen MR) is 62.8 cm³/mol. The standard InChI is InChI=1S/C11H20O3Si/c1-9(10(12)13)8-11(15(2)3)6-4-5-7-14-11/h15H,1,4-8H2,2-3H3,(H,12,13). The molecule has 0 spiro atoms. The quantitative estimate of drug-likeness (QED) is 0.591. The Morgan fingerprint density at radius 1 is 1.53 bits per heavy atom. The molecule has 0 aromatic heterocycles. The van der Waals surface area contributed by atoms with Crippen molar-refractivity contribution >= 4 is 14.8 Å². The Kier molecular flexibility index (Phi) is 4.10. The smallest absolute Gasteiger partial charge is 0.331 e. The minimum atomic E-state index is -1.03. The summed E-state index contributed by atoms with van der Waals surface area (Å²) in [5.74, 6) is -0.891. The van der Waals surface area contributed by atoms with Crippen LogP contribution in [0.15, 0.2) is 12.2 Å². The van der Waals surface area contributed by atoms with Crippen LogP contribution in [-0.4, -0.2) is 31.7 Å². The second-order valence-corrected chi connectivity index (χ2v) is 7.97. The lowest BCUT2D eigenvalue weighted by Crippen LogP contribution is -2.48. The van der Waals surface area contributed by atoms with Gasteiger partial charge in [-0.2, -0.15) is 0 Å². The predicted octanol–water partition coefficient (Wildman–Crippen LogP) is 1.98. The third-order valence-corrected chi connectivity index (χ3v) is 6.01. The van der Waals surface area contributed by atoms with Gasteiger partial charge in [-0.1, -0.05) is 19.7 Å². The third-order valence-electron chi connectivity index (χ3n) is 3.25. The van der Waals surface area contributed by atoms with Crippen molar-refractivity contribution in [1.82, 2.24) is 0 Å². The molecule has 0 aliphatic carbocycles. The van der Waals surface area contributed by atoms with Gasteiger partial charge in [0.2, 0.25) is 0 Å². The maximum Gasteiger partial charge on any atom is 0.331 e. The fraction of sp³-hybridized carbons (Fsp3) is 0.727. The first-order valence-electron chi connectivity index (χ1n) is 5.53. The third kappa shape index (κ3) is 2.92. The van der Waals surface area contributed by atoms with E-state index in [-0.39, 0.29) is 10.8 Å². The van der Waals surface area contributed by atoms with Crippen LogP contribution in [-0.2, 0) is 9.53 Å². The molecule has 1 unspecified atom stereocenters. The number of carbonyl (C=O) groups is 1. The molecule has 0 amide bonds. The van der Waals surface area contributed by atoms with E-state index in [1.807, 2.05) is 0 Å². The van der Waals surface area contributed by atoms with E-state index in [9.17, 15) is 4.79 Å². The molecular weight excluding hydrogens is 208 g/mol. The van der Waals surface area contributed by atoms with Crippen molar-refractivity contribution in [3.8, 4) is 0 Å². The molecule has 1 rings (SSSR count). The van der Waals surface area contributed by atoms with Gasteiger partial charge in [-0.15, -0.1) is 0 Å². The fourth-order valence-electron chi connectivity index (χ4n) is 2.11. The molecular formula is C11H20O3Si. The minimum absolute atomic E-state index is 0.159. The summed E-state index contributed by atoms with van der Waals surface area (Å²) in [5, 5.41) is 8.71. The number of hydrogen-bond acceptors (Lipinski definition) is 2. The molecule has 3 nitrogen and oxygen atoms in total. The minimum Gasteiger partial charge on any atom is -0.478 e. The van der Waals surface area contributed by atoms with E-state index >= 15 is 0 Å². The Bertz CT molecular complexity index is 255. The maximum atomic E-state index is 10.8. The zero-order valence-corrected chi connectivity index (χ0v) is 10.7. The van der Waals surface area contributed by atoms with Gasteiger partial charge in [0.25, 0.3) is 0 Å². The first-order valence-corrected chi connectivity index (χ1v) is 8.41. The zero-order chi connectivity index (χ0) is 11.5. The van der Waals surface area contributed by atoms with Gasteiger partial charge in [-0.05, 0) is 19.3 Å². The van der Waals surface area contributed by atoms with Crippen LogP contribution in [0.5, 0.6) is 0 Å². The lowest BCUT2D eigenvalue weighted by atomic mass is 10.0. The van der Waals surface area contributed by atoms with E-state index in [1.54, 1.807) is 0 Å². The first kappa shape index (κ1) is 12.5. The van der Waals surface area contributed by atoms with Gasteiger partial charge in [-0.25, -0.2) is 4.79 Å². The molecule has 1 saturated heterocycles. The molecule has 1 N–H and O–H groups in total. The molecule has 4 heteroatoms. The van der Waals surface area contributed by atoms with Gasteiger partial charge in [-0.3, -0.25) is 0 Å². The molecule has 15 heavy (non-hydrogen) atoms. The van der Waals surface area contributed by atoms with Gasteiger partial charge >= 0.3 is 5.97 Å². The Labute approximate surface area is 92.7 Å². The van der Waals surface area contributed by atoms with E-state index in [1.165, 1.54) is 0 Å². The SMILES string of the molecule is C=C(CC1([SiH](C)C)CCCCO1)C(=O)O. The lowest BCUT2D eigenvalue weighted by molar-refractivity contribution is -0.133. The van der Waals surface area contributed by atoms with Crippen molar-refractivity contribution in [2.75, 3.05) is 6.61 Å². The van der Waals surface area contributed by atoms with E-state index < -0.39 is 14.8 Å². The van der Waals surface area contributed by atoms with Crippen molar-refractivity contribution < 1.29 is 14.6 Å². The van der Waals surface area contributed by atoms with E-state index in [4.69, 9.17) is 9.84 Å². The Morgan fingerprint density at radius 2 is 2.20 bits per heavy atom. The normalized spacial score (nSPS) is 26.6. The van der Waals surface area contributed by atoms with E-state index in [0.29, 0.717) is 6.42 Å². The van der Waals surface area contributed by atoms with Gasteiger partial charge in [0.05, 0.1) is 14.0 Å². The van der Waals surface area contributed by atoms with Crippen LogP contribution in [0.2, 0.25) is 13.1 Å². The summed E-state index contributed by atoms with van der Waals surface area (Å²) in [4.78, 5) is 10.8. The van der Waals surface area contributed by atoms with Gasteiger partial charge in [0.15, 0.2) is 0 Å². The molecule has 0 aromatic rings. The maximum absolute atomic E-state index is 10.8. The van der Waals surface area contributed by atoms with Crippen LogP contribution in [0.3, 0.4) is 0 Å². The highest BCUT2D eigenvalue weighted by atomic mass is 28.3. The summed E-state index contributed by atoms with van der Waals surface area (Å²) in [6.07, 6.45) is 3.76. The summed E-state index contributed by atoms with van der Waals surface area (Å²) >= 11 is 0. The average molecular weight is 228 g/mol. The second-order valence-electron chi connectivity index (χ2n) is 4.61. The van der Waals surface area contributed by atoms with Crippen LogP contribution >= 0.6 is 0 Å². The average Bonchev–Trinajstić information content (AvgIpc) is 2.18. The van der Waals surface area contributed by atoms with Crippen molar-refractivity contribution in [3.63, 3.8) is 0 Å². The number of carboxylic acid groups (broad SMARTS) is 1. The van der Waals surface area contributed by atoms with E-state index in [0.717, 1.165) is 25.9 Å². The topological polar surface area (TPSA) is 46.5 Å². The molecule has 1 aliphatic heterocycles. The molecule has 1 heterocycles. The molecule has 0 radical (unpaired) electrons. The Balaban J connectivity index is 2.73. The number of hydrogen-bond donors (Lipinski definition) is 1. The molecule has 0 bridgehead atoms. The number of ether oxygens (including phenoxy) is 1. The molecule has 0 saturated carbocycles. The van der Waals surface area contributed by atoms with Crippen LogP contribution in [0.1, 0.15) is 25.7 Å². The van der Waals surface area contributed by atoms with Crippen LogP contribution < -0.4 is 0 Å². The van der Waals surface area contributed by atoms with E-state index in [2.05, 4.69) is 19.7 Å². The zero-order valence-electron chi connectivity index (χ0n) is 9.58. The Hall–Kier alpha value is -0.613. The van der Waals surface area contributed by atoms with Gasteiger partial charge < -0.3 is 9.84 Å². The summed E-state index contributed by atoms with van der Waals surface area (Å²) in [5.41, 5.74) is 0.290. The monoisotopic (exact) mass is 228 g/mol. The summed E-state index contributed by atoms with van der Waals surface area (Å²) in [6.45, 7) is 8.84. The fourth-order valence-corrected chi connectivity index (χ4v) is 4.00. The summed E-state index contributed by atoms with van der Waals surface area (Å²) in [7, 11) is -1.03. The molecule has 0 aromatic carbocycles. The summed E-state index contributed by atoms with van der Waals surface area (Å²) in [6, 6.07) is 0. The summed E-state index contributed by atoms with van der Waals surface area (Å²) < 4.78 is 5.89. The Morgan fingerprint density at radius 3 is 2.60 bits per heavy atom. The number of aliphatic carboxylic acids is 1. The highest BCUT2D eigenvalue weighted by Crippen LogP contribution is 2.33. The van der Waals surface area contributed by atoms with Crippen molar-refractivity contribution in [2.45, 2.75) is 44.0 Å². The second kappa shape index (κ2) is 4.94. The van der Waals surface area contributed by atoms with Crippen LogP contribution in [0.4, 0.5) is 0 Å². The van der Waals surface area contributed by atoms with Crippen molar-refractivity contribution in [1.29, 1.82) is 0 Å². The number of carboxylic acids is 1. The largest absolute Gasteiger partial charge is 0.478 e. The van der Waals surface area contributed by atoms with Crippen molar-refractivity contribution in [2.24, 2.45) is 0 Å². The van der Waals surface area contributed by atoms with Crippen molar-refractivity contribution in [3.05, 3.63) is 12.2 Å². The van der Waals surface area contributed by atoms with Gasteiger partial charge in [0.1, 0.15) is 0 Å².